The maximum atomic E-state index is 12.7. The Morgan fingerprint density at radius 1 is 0.464 bits per heavy atom. The Hall–Kier alpha value is -1.72. The van der Waals surface area contributed by atoms with Gasteiger partial charge < -0.3 is 54.1 Å². The second kappa shape index (κ2) is 31.1. The number of rotatable bonds is 33. The van der Waals surface area contributed by atoms with E-state index < -0.39 is 62.1 Å². The largest absolute Gasteiger partial charge is 0.491 e. The molecule has 2 aromatic rings. The highest BCUT2D eigenvalue weighted by Crippen LogP contribution is 2.25. The van der Waals surface area contributed by atoms with Gasteiger partial charge in [0.1, 0.15) is 35.9 Å². The van der Waals surface area contributed by atoms with E-state index in [0.717, 1.165) is 19.3 Å². The lowest BCUT2D eigenvalue weighted by atomic mass is 9.96. The molecule has 0 amide bonds. The lowest BCUT2D eigenvalue weighted by Crippen LogP contribution is -2.55. The zero-order valence-corrected chi connectivity index (χ0v) is 50.9. The first-order valence-electron chi connectivity index (χ1n) is 23.7. The summed E-state index contributed by atoms with van der Waals surface area (Å²) in [6.07, 6.45) is 2.39. The molecule has 0 unspecified atom stereocenters. The molecule has 0 saturated heterocycles. The first-order valence-corrected chi connectivity index (χ1v) is 41.8. The predicted molar refractivity (Wildman–Crippen MR) is 296 cm³/mol. The summed E-state index contributed by atoms with van der Waals surface area (Å²) in [5, 5.41) is 9.80. The van der Waals surface area contributed by atoms with E-state index in [1.807, 2.05) is 20.0 Å². The summed E-state index contributed by atoms with van der Waals surface area (Å²) in [6, 6.07) is 13.9. The van der Waals surface area contributed by atoms with Crippen LogP contribution in [0.1, 0.15) is 89.5 Å². The fourth-order valence-electron chi connectivity index (χ4n) is 6.39. The van der Waals surface area contributed by atoms with Gasteiger partial charge in [0.15, 0.2) is 44.8 Å². The molecular formula is C49H98O14Si6. The van der Waals surface area contributed by atoms with Crippen LogP contribution in [0.3, 0.4) is 0 Å². The molecule has 402 valence electrons. The van der Waals surface area contributed by atoms with Crippen molar-refractivity contribution in [3.05, 3.63) is 59.7 Å². The summed E-state index contributed by atoms with van der Waals surface area (Å²) in [5.41, 5.74) is -1.16. The molecule has 0 bridgehead atoms. The average molecular weight is 1080 g/mol. The first-order chi connectivity index (χ1) is 30.6. The van der Waals surface area contributed by atoms with Crippen LogP contribution in [0.2, 0.25) is 91.7 Å². The average Bonchev–Trinajstić information content (AvgIpc) is 3.16. The quantitative estimate of drug-likeness (QED) is 0.0409. The molecule has 1 N–H and O–H groups in total. The van der Waals surface area contributed by atoms with E-state index in [-0.39, 0.29) is 26.4 Å². The molecule has 0 aromatic heterocycles. The summed E-state index contributed by atoms with van der Waals surface area (Å²) >= 11 is 0. The number of benzene rings is 2. The van der Waals surface area contributed by atoms with Crippen LogP contribution in [-0.4, -0.2) is 138 Å². The van der Waals surface area contributed by atoms with Gasteiger partial charge in [-0.25, -0.2) is 0 Å². The topological polar surface area (TPSA) is 156 Å². The maximum absolute atomic E-state index is 12.7. The minimum Gasteiger partial charge on any atom is -0.491 e. The van der Waals surface area contributed by atoms with Crippen molar-refractivity contribution in [2.75, 3.05) is 59.5 Å². The van der Waals surface area contributed by atoms with Crippen LogP contribution in [0.5, 0.6) is 11.5 Å². The Kier molecular flexibility index (Phi) is 31.3. The first kappa shape index (κ1) is 69.4. The summed E-state index contributed by atoms with van der Waals surface area (Å²) < 4.78 is 66.0. The number of carbonyl (C=O) groups excluding carboxylic acids is 2. The molecule has 0 aliphatic rings. The minimum atomic E-state index is -2.66. The summed E-state index contributed by atoms with van der Waals surface area (Å²) in [4.78, 5) is 24.7. The second-order valence-corrected chi connectivity index (χ2v) is 45.7. The molecular weight excluding hydrogens is 981 g/mol. The maximum Gasteiger partial charge on any atom is 0.476 e. The van der Waals surface area contributed by atoms with Gasteiger partial charge in [-0.3, -0.25) is 9.59 Å². The van der Waals surface area contributed by atoms with Crippen molar-refractivity contribution < 1.29 is 63.7 Å². The molecule has 0 atom stereocenters. The van der Waals surface area contributed by atoms with Crippen molar-refractivity contribution >= 4 is 62.4 Å². The minimum absolute atomic E-state index is 0. The normalized spacial score (nSPS) is 12.9. The summed E-state index contributed by atoms with van der Waals surface area (Å²) in [5.74, 6) is 0.999. The molecule has 0 radical (unpaired) electrons. The van der Waals surface area contributed by atoms with Gasteiger partial charge in [0, 0.05) is 57.3 Å². The molecule has 0 heterocycles. The number of aliphatic hydroxyl groups is 1. The van der Waals surface area contributed by atoms with Crippen molar-refractivity contribution in [1.29, 1.82) is 0 Å². The molecule has 0 fully saturated rings. The SMILES string of the molecule is C.C.CC(C)(O)C(=O)c1ccc(OCCOCCCO[Si](C)(O[Si](C)(C)C)O[Si](C)(C)C)cc1.CCCOC(C)(C)C(=O)c1ccc(OCCOCCCO[Si](C)(O[Si](C)(C)C)O[Si](C)(C)C)cc1. The summed E-state index contributed by atoms with van der Waals surface area (Å²) in [6.45, 7) is 43.0. The molecule has 14 nitrogen and oxygen atoms in total. The second-order valence-electron chi connectivity index (χ2n) is 21.5. The van der Waals surface area contributed by atoms with Crippen LogP contribution in [0, 0.1) is 0 Å². The Morgan fingerprint density at radius 2 is 0.783 bits per heavy atom. The highest BCUT2D eigenvalue weighted by atomic mass is 28.5. The predicted octanol–water partition coefficient (Wildman–Crippen LogP) is 12.1. The number of ketones is 2. The van der Waals surface area contributed by atoms with E-state index >= 15 is 0 Å². The van der Waals surface area contributed by atoms with Crippen molar-refractivity contribution in [2.24, 2.45) is 0 Å². The standard InChI is InChI=1S/C25H48O7Si3.C22H42O7Si3.2CH4/c1-11-17-29-25(2,3)24(26)22-13-15-23(16-14-22)28-21-20-27-18-12-19-30-35(10,31-33(4,5)6)32-34(7,8)9;1-22(2,24)21(23)19-11-13-20(14-12-19)26-18-17-25-15-10-16-27-32(9,28-30(3,4)5)29-31(6,7)8;;/h13-16H,11-12,17-21H2,1-10H3;11-14,24H,10,15-18H2,1-9H3;2*1H4. The van der Waals surface area contributed by atoms with Gasteiger partial charge >= 0.3 is 17.6 Å². The van der Waals surface area contributed by atoms with E-state index in [0.29, 0.717) is 82.1 Å². The van der Waals surface area contributed by atoms with E-state index in [1.165, 1.54) is 13.8 Å². The van der Waals surface area contributed by atoms with Crippen LogP contribution >= 0.6 is 0 Å². The molecule has 20 heteroatoms. The lowest BCUT2D eigenvalue weighted by molar-refractivity contribution is -0.00414. The van der Waals surface area contributed by atoms with Crippen molar-refractivity contribution in [3.63, 3.8) is 0 Å². The number of ether oxygens (including phenoxy) is 5. The van der Waals surface area contributed by atoms with E-state index in [9.17, 15) is 14.7 Å². The Bertz CT molecular complexity index is 1680. The Labute approximate surface area is 426 Å². The van der Waals surface area contributed by atoms with Gasteiger partial charge in [0.05, 0.1) is 13.2 Å². The molecule has 0 aliphatic heterocycles. The fourth-order valence-corrected chi connectivity index (χ4v) is 27.2. The third-order valence-electron chi connectivity index (χ3n) is 8.56. The van der Waals surface area contributed by atoms with E-state index in [2.05, 4.69) is 78.6 Å². The third-order valence-corrected chi connectivity index (χ3v) is 25.7. The van der Waals surface area contributed by atoms with Gasteiger partial charge in [0.2, 0.25) is 0 Å². The van der Waals surface area contributed by atoms with Crippen LogP contribution in [0.4, 0.5) is 0 Å². The number of Topliss-reactive ketones (excluding diaryl/α,β-unsaturated/α-hetero) is 2. The Morgan fingerprint density at radius 3 is 1.07 bits per heavy atom. The van der Waals surface area contributed by atoms with Crippen LogP contribution < -0.4 is 9.47 Å². The third kappa shape index (κ3) is 32.9. The molecule has 0 saturated carbocycles. The zero-order chi connectivity index (χ0) is 51.4. The molecule has 0 spiro atoms. The van der Waals surface area contributed by atoms with Crippen LogP contribution in [-0.2, 0) is 39.5 Å². The zero-order valence-electron chi connectivity index (χ0n) is 44.9. The molecule has 2 aromatic carbocycles. The van der Waals surface area contributed by atoms with Gasteiger partial charge in [-0.05, 0) is 174 Å². The molecule has 0 aliphatic carbocycles. The van der Waals surface area contributed by atoms with Crippen molar-refractivity contribution in [3.8, 4) is 11.5 Å². The van der Waals surface area contributed by atoms with Crippen molar-refractivity contribution in [1.82, 2.24) is 0 Å². The number of hydrogen-bond donors (Lipinski definition) is 1. The van der Waals surface area contributed by atoms with Gasteiger partial charge in [-0.15, -0.1) is 0 Å². The van der Waals surface area contributed by atoms with E-state index in [4.69, 9.17) is 49.0 Å². The van der Waals surface area contributed by atoms with Crippen LogP contribution in [0.15, 0.2) is 48.5 Å². The number of carbonyl (C=O) groups is 2. The van der Waals surface area contributed by atoms with Crippen molar-refractivity contribution in [2.45, 2.75) is 172 Å². The van der Waals surface area contributed by atoms with Gasteiger partial charge in [0.25, 0.3) is 0 Å². The van der Waals surface area contributed by atoms with Crippen LogP contribution in [0.25, 0.3) is 0 Å². The smallest absolute Gasteiger partial charge is 0.476 e. The molecule has 69 heavy (non-hydrogen) atoms. The summed E-state index contributed by atoms with van der Waals surface area (Å²) in [7, 11) is -12.4. The Balaban J connectivity index is 0. The number of hydrogen-bond acceptors (Lipinski definition) is 14. The fraction of sp³-hybridized carbons (Fsp3) is 0.714. The van der Waals surface area contributed by atoms with Gasteiger partial charge in [-0.1, -0.05) is 21.8 Å². The monoisotopic (exact) mass is 1080 g/mol. The lowest BCUT2D eigenvalue weighted by Gasteiger charge is -2.37. The highest BCUT2D eigenvalue weighted by molar-refractivity contribution is 6.86. The molecule has 2 rings (SSSR count). The van der Waals surface area contributed by atoms with E-state index in [1.54, 1.807) is 62.4 Å². The highest BCUT2D eigenvalue weighted by Gasteiger charge is 2.44. The van der Waals surface area contributed by atoms with Gasteiger partial charge in [-0.2, -0.15) is 0 Å².